The van der Waals surface area contributed by atoms with E-state index in [0.717, 1.165) is 23.1 Å². The topological polar surface area (TPSA) is 108 Å². The van der Waals surface area contributed by atoms with Gasteiger partial charge in [-0.05, 0) is 49.4 Å². The Morgan fingerprint density at radius 3 is 2.27 bits per heavy atom. The van der Waals surface area contributed by atoms with Crippen LogP contribution in [-0.4, -0.2) is 34.9 Å². The monoisotopic (exact) mass is 462 g/mol. The van der Waals surface area contributed by atoms with Crippen LogP contribution in [0.2, 0.25) is 0 Å². The fourth-order valence-corrected chi connectivity index (χ4v) is 3.27. The molecule has 0 bridgehead atoms. The van der Waals surface area contributed by atoms with Crippen LogP contribution < -0.4 is 21.1 Å². The lowest BCUT2D eigenvalue weighted by Crippen LogP contribution is -3.11. The summed E-state index contributed by atoms with van der Waals surface area (Å²) in [5.41, 5.74) is -0.337. The number of likely N-dealkylation sites (N-methyl/N-ethyl adjacent to an activating group) is 1. The summed E-state index contributed by atoms with van der Waals surface area (Å²) in [4.78, 5) is 43.3. The summed E-state index contributed by atoms with van der Waals surface area (Å²) in [6.45, 7) is 3.94. The highest BCUT2D eigenvalue weighted by Gasteiger charge is 2.31. The molecule has 174 valence electrons. The Kier molecular flexibility index (Phi) is 7.12. The number of H-pyrrole nitrogens is 1. The molecular formula is C22H23F3N5O3+. The third-order valence-corrected chi connectivity index (χ3v) is 4.90. The smallest absolute Gasteiger partial charge is 0.326 e. The Hall–Kier alpha value is -3.73. The normalized spacial score (nSPS) is 12.4. The number of rotatable bonds is 7. The van der Waals surface area contributed by atoms with E-state index >= 15 is 0 Å². The van der Waals surface area contributed by atoms with Gasteiger partial charge in [0.25, 0.3) is 11.5 Å². The number of alkyl halides is 3. The van der Waals surface area contributed by atoms with Crippen molar-refractivity contribution in [3.63, 3.8) is 0 Å². The van der Waals surface area contributed by atoms with Crippen LogP contribution in [0.3, 0.4) is 0 Å². The average Bonchev–Trinajstić information content (AvgIpc) is 2.73. The number of hydrogen-bond donors (Lipinski definition) is 4. The maximum Gasteiger partial charge on any atom is 0.416 e. The number of anilines is 2. The standard InChI is InChI=1S/C22H22F3N5O3/c1-3-30(12-20(32)27-16-7-5-15(6-8-16)26-13(2)31)11-19-28-18-10-14(22(23,24)25)4-9-17(18)21(33)29-19/h4-10H,3,11-12H2,1-2H3,(H,26,31)(H,27,32)(H,28,29,33)/p+1. The first-order chi connectivity index (χ1) is 15.5. The molecule has 0 radical (unpaired) electrons. The van der Waals surface area contributed by atoms with Gasteiger partial charge in [0.1, 0.15) is 6.54 Å². The van der Waals surface area contributed by atoms with Gasteiger partial charge in [0.2, 0.25) is 5.91 Å². The maximum absolute atomic E-state index is 13.0. The second kappa shape index (κ2) is 9.82. The Labute approximate surface area is 186 Å². The summed E-state index contributed by atoms with van der Waals surface area (Å²) in [7, 11) is 0. The molecule has 0 spiro atoms. The first kappa shape index (κ1) is 23.9. The van der Waals surface area contributed by atoms with Crippen LogP contribution in [0, 0.1) is 0 Å². The predicted octanol–water partition coefficient (Wildman–Crippen LogP) is 1.94. The number of fused-ring (bicyclic) bond motifs is 1. The summed E-state index contributed by atoms with van der Waals surface area (Å²) in [5, 5.41) is 5.44. The first-order valence-electron chi connectivity index (χ1n) is 10.2. The van der Waals surface area contributed by atoms with Crippen molar-refractivity contribution in [2.45, 2.75) is 26.6 Å². The molecular weight excluding hydrogens is 439 g/mol. The SMILES string of the molecule is CC[NH+](CC(=O)Nc1ccc(NC(C)=O)cc1)Cc1nc2cc(C(F)(F)F)ccc2c(=O)[nH]1. The number of hydrogen-bond acceptors (Lipinski definition) is 4. The van der Waals surface area contributed by atoms with E-state index in [9.17, 15) is 27.6 Å². The molecule has 4 N–H and O–H groups in total. The molecule has 0 aliphatic carbocycles. The highest BCUT2D eigenvalue weighted by Crippen LogP contribution is 2.30. The van der Waals surface area contributed by atoms with E-state index in [1.54, 1.807) is 24.3 Å². The van der Waals surface area contributed by atoms with Crippen LogP contribution in [0.25, 0.3) is 10.9 Å². The van der Waals surface area contributed by atoms with E-state index < -0.39 is 17.3 Å². The summed E-state index contributed by atoms with van der Waals surface area (Å²) < 4.78 is 39.0. The third kappa shape index (κ3) is 6.39. The van der Waals surface area contributed by atoms with Gasteiger partial charge in [-0.15, -0.1) is 0 Å². The fraction of sp³-hybridized carbons (Fsp3) is 0.273. The molecule has 3 rings (SSSR count). The highest BCUT2D eigenvalue weighted by molar-refractivity contribution is 5.92. The van der Waals surface area contributed by atoms with Crippen LogP contribution in [0.4, 0.5) is 24.5 Å². The number of aromatic nitrogens is 2. The molecule has 2 amide bonds. The van der Waals surface area contributed by atoms with Crippen molar-refractivity contribution in [3.05, 3.63) is 64.2 Å². The van der Waals surface area contributed by atoms with E-state index in [0.29, 0.717) is 17.9 Å². The molecule has 8 nitrogen and oxygen atoms in total. The summed E-state index contributed by atoms with van der Waals surface area (Å²) >= 11 is 0. The van der Waals surface area contributed by atoms with Crippen molar-refractivity contribution in [2.24, 2.45) is 0 Å². The zero-order valence-corrected chi connectivity index (χ0v) is 18.0. The van der Waals surface area contributed by atoms with E-state index in [2.05, 4.69) is 20.6 Å². The Morgan fingerprint density at radius 1 is 1.06 bits per heavy atom. The molecule has 0 fully saturated rings. The minimum atomic E-state index is -4.54. The van der Waals surface area contributed by atoms with Gasteiger partial charge < -0.3 is 20.5 Å². The molecule has 11 heteroatoms. The minimum Gasteiger partial charge on any atom is -0.326 e. The predicted molar refractivity (Wildman–Crippen MR) is 117 cm³/mol. The molecule has 0 saturated carbocycles. The first-order valence-corrected chi connectivity index (χ1v) is 10.2. The second-order valence-electron chi connectivity index (χ2n) is 7.51. The lowest BCUT2D eigenvalue weighted by molar-refractivity contribution is -0.904. The number of halogens is 3. The summed E-state index contributed by atoms with van der Waals surface area (Å²) in [6.07, 6.45) is -4.54. The molecule has 33 heavy (non-hydrogen) atoms. The van der Waals surface area contributed by atoms with E-state index in [1.165, 1.54) is 6.92 Å². The van der Waals surface area contributed by atoms with Gasteiger partial charge >= 0.3 is 6.18 Å². The average molecular weight is 462 g/mol. The second-order valence-corrected chi connectivity index (χ2v) is 7.51. The largest absolute Gasteiger partial charge is 0.416 e. The molecule has 3 aromatic rings. The van der Waals surface area contributed by atoms with E-state index in [4.69, 9.17) is 0 Å². The molecule has 1 aromatic heterocycles. The fourth-order valence-electron chi connectivity index (χ4n) is 3.27. The maximum atomic E-state index is 13.0. The van der Waals surface area contributed by atoms with Crippen molar-refractivity contribution < 1.29 is 27.7 Å². The van der Waals surface area contributed by atoms with E-state index in [1.807, 2.05) is 6.92 Å². The van der Waals surface area contributed by atoms with Gasteiger partial charge in [-0.1, -0.05) is 0 Å². The van der Waals surface area contributed by atoms with E-state index in [-0.39, 0.29) is 41.6 Å². The molecule has 0 saturated heterocycles. The Balaban J connectivity index is 1.70. The molecule has 1 atom stereocenters. The van der Waals surface area contributed by atoms with Gasteiger partial charge in [0.05, 0.1) is 23.0 Å². The Bertz CT molecular complexity index is 1220. The summed E-state index contributed by atoms with van der Waals surface area (Å²) in [6, 6.07) is 9.39. The third-order valence-electron chi connectivity index (χ3n) is 4.90. The number of amides is 2. The van der Waals surface area contributed by atoms with Crippen LogP contribution in [0.5, 0.6) is 0 Å². The van der Waals surface area contributed by atoms with Crippen molar-refractivity contribution in [1.82, 2.24) is 9.97 Å². The lowest BCUT2D eigenvalue weighted by atomic mass is 10.1. The van der Waals surface area contributed by atoms with Crippen molar-refractivity contribution in [3.8, 4) is 0 Å². The molecule has 1 heterocycles. The number of quaternary nitrogens is 1. The number of nitrogens with zero attached hydrogens (tertiary/aromatic N) is 1. The zero-order valence-electron chi connectivity index (χ0n) is 18.0. The molecule has 1 unspecified atom stereocenters. The quantitative estimate of drug-likeness (QED) is 0.430. The van der Waals surface area contributed by atoms with Gasteiger partial charge in [-0.25, -0.2) is 4.98 Å². The van der Waals surface area contributed by atoms with Crippen molar-refractivity contribution >= 4 is 34.1 Å². The molecule has 2 aromatic carbocycles. The van der Waals surface area contributed by atoms with Crippen molar-refractivity contribution in [1.29, 1.82) is 0 Å². The van der Waals surface area contributed by atoms with Gasteiger partial charge in [-0.2, -0.15) is 13.2 Å². The van der Waals surface area contributed by atoms with Gasteiger partial charge in [-0.3, -0.25) is 14.4 Å². The lowest BCUT2D eigenvalue weighted by Gasteiger charge is -2.17. The van der Waals surface area contributed by atoms with Crippen molar-refractivity contribution in [2.75, 3.05) is 23.7 Å². The number of benzene rings is 2. The zero-order chi connectivity index (χ0) is 24.2. The summed E-state index contributed by atoms with van der Waals surface area (Å²) in [5.74, 6) is -0.304. The number of aromatic amines is 1. The Morgan fingerprint density at radius 2 is 1.70 bits per heavy atom. The number of carbonyl (C=O) groups excluding carboxylic acids is 2. The molecule has 0 aliphatic heterocycles. The number of nitrogens with one attached hydrogen (secondary N) is 4. The van der Waals surface area contributed by atoms with Crippen LogP contribution in [0.15, 0.2) is 47.3 Å². The van der Waals surface area contributed by atoms with Crippen LogP contribution in [0.1, 0.15) is 25.2 Å². The number of carbonyl (C=O) groups is 2. The minimum absolute atomic E-state index is 0.0499. The van der Waals surface area contributed by atoms with Gasteiger partial charge in [0.15, 0.2) is 12.4 Å². The van der Waals surface area contributed by atoms with Crippen LogP contribution in [-0.2, 0) is 22.3 Å². The van der Waals surface area contributed by atoms with Gasteiger partial charge in [0, 0.05) is 18.3 Å². The molecule has 0 aliphatic rings. The highest BCUT2D eigenvalue weighted by atomic mass is 19.4. The van der Waals surface area contributed by atoms with Crippen LogP contribution >= 0.6 is 0 Å².